The van der Waals surface area contributed by atoms with E-state index in [0.717, 1.165) is 18.4 Å². The van der Waals surface area contributed by atoms with Gasteiger partial charge in [-0.2, -0.15) is 5.10 Å². The first-order valence-corrected chi connectivity index (χ1v) is 8.55. The van der Waals surface area contributed by atoms with E-state index in [0.29, 0.717) is 24.7 Å². The molecule has 0 aliphatic rings. The Morgan fingerprint density at radius 1 is 1.16 bits per heavy atom. The monoisotopic (exact) mass is 349 g/mol. The molecule has 0 bridgehead atoms. The van der Waals surface area contributed by atoms with Gasteiger partial charge in [-0.1, -0.05) is 13.8 Å². The van der Waals surface area contributed by atoms with Gasteiger partial charge in [-0.15, -0.1) is 0 Å². The molecule has 0 aliphatic heterocycles. The number of amides is 2. The SMILES string of the molecule is CCCOc1ccc(/C=N\NC(=O)C(=O)N[C@@H](C)CC)cc1OCC. The predicted octanol–water partition coefficient (Wildman–Crippen LogP) is 2.24. The highest BCUT2D eigenvalue weighted by Gasteiger charge is 2.14. The summed E-state index contributed by atoms with van der Waals surface area (Å²) in [5.41, 5.74) is 2.92. The minimum absolute atomic E-state index is 0.0633. The number of nitrogens with zero attached hydrogens (tertiary/aromatic N) is 1. The zero-order valence-electron chi connectivity index (χ0n) is 15.3. The van der Waals surface area contributed by atoms with E-state index in [9.17, 15) is 9.59 Å². The van der Waals surface area contributed by atoms with Crippen LogP contribution in [0.25, 0.3) is 0 Å². The van der Waals surface area contributed by atoms with E-state index in [1.54, 1.807) is 18.2 Å². The van der Waals surface area contributed by atoms with Crippen LogP contribution in [-0.2, 0) is 9.59 Å². The molecular weight excluding hydrogens is 322 g/mol. The Kier molecular flexibility index (Phi) is 9.06. The van der Waals surface area contributed by atoms with Gasteiger partial charge in [0.15, 0.2) is 11.5 Å². The summed E-state index contributed by atoms with van der Waals surface area (Å²) in [7, 11) is 0. The van der Waals surface area contributed by atoms with Crippen LogP contribution in [0.2, 0.25) is 0 Å². The largest absolute Gasteiger partial charge is 0.490 e. The molecule has 0 fully saturated rings. The molecule has 0 aromatic heterocycles. The van der Waals surface area contributed by atoms with Crippen molar-refractivity contribution in [1.29, 1.82) is 0 Å². The van der Waals surface area contributed by atoms with Crippen molar-refractivity contribution in [3.8, 4) is 11.5 Å². The van der Waals surface area contributed by atoms with Crippen molar-refractivity contribution in [3.63, 3.8) is 0 Å². The van der Waals surface area contributed by atoms with Gasteiger partial charge in [0.2, 0.25) is 0 Å². The van der Waals surface area contributed by atoms with Gasteiger partial charge in [0.05, 0.1) is 19.4 Å². The van der Waals surface area contributed by atoms with Gasteiger partial charge < -0.3 is 14.8 Å². The first-order chi connectivity index (χ1) is 12.0. The zero-order valence-corrected chi connectivity index (χ0v) is 15.3. The Morgan fingerprint density at radius 3 is 2.56 bits per heavy atom. The summed E-state index contributed by atoms with van der Waals surface area (Å²) in [5.74, 6) is -0.229. The third kappa shape index (κ3) is 7.24. The van der Waals surface area contributed by atoms with E-state index in [1.807, 2.05) is 27.7 Å². The highest BCUT2D eigenvalue weighted by atomic mass is 16.5. The van der Waals surface area contributed by atoms with Gasteiger partial charge in [0.25, 0.3) is 0 Å². The van der Waals surface area contributed by atoms with Crippen LogP contribution in [-0.4, -0.2) is 37.3 Å². The summed E-state index contributed by atoms with van der Waals surface area (Å²) >= 11 is 0. The summed E-state index contributed by atoms with van der Waals surface area (Å²) in [6.45, 7) is 8.78. The molecule has 0 saturated carbocycles. The lowest BCUT2D eigenvalue weighted by atomic mass is 10.2. The molecule has 1 aromatic rings. The summed E-state index contributed by atoms with van der Waals surface area (Å²) in [6.07, 6.45) is 3.09. The second-order valence-electron chi connectivity index (χ2n) is 5.47. The molecule has 7 nitrogen and oxygen atoms in total. The molecule has 1 atom stereocenters. The minimum atomic E-state index is -0.801. The molecule has 1 rings (SSSR count). The van der Waals surface area contributed by atoms with E-state index < -0.39 is 11.8 Å². The highest BCUT2D eigenvalue weighted by Crippen LogP contribution is 2.28. The third-order valence-electron chi connectivity index (χ3n) is 3.31. The summed E-state index contributed by atoms with van der Waals surface area (Å²) < 4.78 is 11.2. The van der Waals surface area contributed by atoms with E-state index in [-0.39, 0.29) is 6.04 Å². The predicted molar refractivity (Wildman–Crippen MR) is 97.0 cm³/mol. The summed E-state index contributed by atoms with van der Waals surface area (Å²) in [6, 6.07) is 5.29. The standard InChI is InChI=1S/C18H27N3O4/c1-5-10-25-15-9-8-14(11-16(15)24-7-3)12-19-21-18(23)17(22)20-13(4)6-2/h8-9,11-13H,5-7,10H2,1-4H3,(H,20,22)(H,21,23)/b19-12-/t13-/m0/s1. The lowest BCUT2D eigenvalue weighted by Crippen LogP contribution is -2.41. The van der Waals surface area contributed by atoms with Gasteiger partial charge in [-0.3, -0.25) is 9.59 Å². The lowest BCUT2D eigenvalue weighted by Gasteiger charge is -2.12. The number of carbonyl (C=O) groups excluding carboxylic acids is 2. The van der Waals surface area contributed by atoms with Crippen molar-refractivity contribution in [1.82, 2.24) is 10.7 Å². The molecule has 7 heteroatoms. The van der Waals surface area contributed by atoms with Crippen molar-refractivity contribution in [2.45, 2.75) is 46.6 Å². The van der Waals surface area contributed by atoms with Crippen LogP contribution in [0.5, 0.6) is 11.5 Å². The first-order valence-electron chi connectivity index (χ1n) is 8.55. The molecule has 0 aliphatic carbocycles. The fourth-order valence-corrected chi connectivity index (χ4v) is 1.81. The van der Waals surface area contributed by atoms with Crippen LogP contribution in [0.1, 0.15) is 46.1 Å². The second kappa shape index (κ2) is 11.1. The number of ether oxygens (including phenoxy) is 2. The van der Waals surface area contributed by atoms with Crippen LogP contribution in [0.4, 0.5) is 0 Å². The number of hydrogen-bond donors (Lipinski definition) is 2. The Labute approximate surface area is 148 Å². The van der Waals surface area contributed by atoms with Crippen molar-refractivity contribution in [3.05, 3.63) is 23.8 Å². The Morgan fingerprint density at radius 2 is 1.92 bits per heavy atom. The van der Waals surface area contributed by atoms with Crippen LogP contribution < -0.4 is 20.2 Å². The van der Waals surface area contributed by atoms with E-state index in [2.05, 4.69) is 15.8 Å². The van der Waals surface area contributed by atoms with Crippen LogP contribution in [0.15, 0.2) is 23.3 Å². The molecule has 0 unspecified atom stereocenters. The molecule has 0 radical (unpaired) electrons. The average Bonchev–Trinajstić information content (AvgIpc) is 2.61. The second-order valence-corrected chi connectivity index (χ2v) is 5.47. The molecule has 0 spiro atoms. The van der Waals surface area contributed by atoms with Gasteiger partial charge in [-0.05, 0) is 50.5 Å². The third-order valence-corrected chi connectivity index (χ3v) is 3.31. The maximum absolute atomic E-state index is 11.6. The van der Waals surface area contributed by atoms with E-state index in [4.69, 9.17) is 9.47 Å². The van der Waals surface area contributed by atoms with Crippen LogP contribution >= 0.6 is 0 Å². The Balaban J connectivity index is 2.68. The Bertz CT molecular complexity index is 602. The number of hydrogen-bond acceptors (Lipinski definition) is 5. The molecule has 2 N–H and O–H groups in total. The molecule has 1 aromatic carbocycles. The highest BCUT2D eigenvalue weighted by molar-refractivity contribution is 6.35. The fraction of sp³-hybridized carbons (Fsp3) is 0.500. The van der Waals surface area contributed by atoms with Gasteiger partial charge in [-0.25, -0.2) is 5.43 Å². The number of benzene rings is 1. The first kappa shape index (κ1) is 20.5. The summed E-state index contributed by atoms with van der Waals surface area (Å²) in [5, 5.41) is 6.38. The molecule has 25 heavy (non-hydrogen) atoms. The van der Waals surface area contributed by atoms with Crippen LogP contribution in [0, 0.1) is 0 Å². The number of rotatable bonds is 9. The zero-order chi connectivity index (χ0) is 18.7. The molecule has 0 heterocycles. The van der Waals surface area contributed by atoms with E-state index >= 15 is 0 Å². The lowest BCUT2D eigenvalue weighted by molar-refractivity contribution is -0.139. The van der Waals surface area contributed by atoms with Gasteiger partial charge in [0, 0.05) is 6.04 Å². The van der Waals surface area contributed by atoms with E-state index in [1.165, 1.54) is 6.21 Å². The Hall–Kier alpha value is -2.57. The van der Waals surface area contributed by atoms with Gasteiger partial charge >= 0.3 is 11.8 Å². The molecule has 0 saturated heterocycles. The molecular formula is C18H27N3O4. The van der Waals surface area contributed by atoms with Crippen molar-refractivity contribution < 1.29 is 19.1 Å². The fourth-order valence-electron chi connectivity index (χ4n) is 1.81. The van der Waals surface area contributed by atoms with Crippen molar-refractivity contribution in [2.24, 2.45) is 5.10 Å². The maximum atomic E-state index is 11.6. The summed E-state index contributed by atoms with van der Waals surface area (Å²) in [4.78, 5) is 23.3. The minimum Gasteiger partial charge on any atom is -0.490 e. The topological polar surface area (TPSA) is 89.0 Å². The number of hydrazone groups is 1. The van der Waals surface area contributed by atoms with Crippen LogP contribution in [0.3, 0.4) is 0 Å². The smallest absolute Gasteiger partial charge is 0.329 e. The maximum Gasteiger partial charge on any atom is 0.329 e. The van der Waals surface area contributed by atoms with Crippen molar-refractivity contribution in [2.75, 3.05) is 13.2 Å². The number of nitrogens with one attached hydrogen (secondary N) is 2. The average molecular weight is 349 g/mol. The number of carbonyl (C=O) groups is 2. The molecule has 138 valence electrons. The quantitative estimate of drug-likeness (QED) is 0.406. The molecule has 2 amide bonds. The van der Waals surface area contributed by atoms with Gasteiger partial charge in [0.1, 0.15) is 0 Å². The normalized spacial score (nSPS) is 11.8. The van der Waals surface area contributed by atoms with Crippen molar-refractivity contribution >= 4 is 18.0 Å².